The molecule has 2 heterocycles. The highest BCUT2D eigenvalue weighted by atomic mass is 16.5. The van der Waals surface area contributed by atoms with Crippen molar-refractivity contribution in [2.75, 3.05) is 39.9 Å². The van der Waals surface area contributed by atoms with Crippen LogP contribution in [0.1, 0.15) is 48.0 Å². The van der Waals surface area contributed by atoms with Crippen LogP contribution in [-0.2, 0) is 4.74 Å². The van der Waals surface area contributed by atoms with E-state index in [9.17, 15) is 4.79 Å². The van der Waals surface area contributed by atoms with Gasteiger partial charge in [0.05, 0.1) is 0 Å². The van der Waals surface area contributed by atoms with Crippen molar-refractivity contribution in [1.29, 1.82) is 0 Å². The molecule has 4 nitrogen and oxygen atoms in total. The van der Waals surface area contributed by atoms with Crippen LogP contribution in [0.15, 0.2) is 24.3 Å². The molecule has 0 atom stereocenters. The van der Waals surface area contributed by atoms with Crippen LogP contribution in [0.4, 0.5) is 0 Å². The van der Waals surface area contributed by atoms with Crippen molar-refractivity contribution in [2.45, 2.75) is 44.6 Å². The van der Waals surface area contributed by atoms with Gasteiger partial charge in [-0.15, -0.1) is 0 Å². The number of likely N-dealkylation sites (tertiary alicyclic amines) is 2. The molecule has 3 rings (SSSR count). The van der Waals surface area contributed by atoms with Gasteiger partial charge >= 0.3 is 0 Å². The number of carbonyl (C=O) groups excluding carboxylic acids is 1. The highest BCUT2D eigenvalue weighted by Crippen LogP contribution is 2.38. The Hall–Kier alpha value is -1.39. The van der Waals surface area contributed by atoms with Crippen molar-refractivity contribution >= 4 is 5.91 Å². The van der Waals surface area contributed by atoms with Crippen LogP contribution in [0.2, 0.25) is 0 Å². The average Bonchev–Trinajstić information content (AvgIpc) is 2.98. The third-order valence-electron chi connectivity index (χ3n) is 5.87. The van der Waals surface area contributed by atoms with Gasteiger partial charge in [-0.05, 0) is 57.2 Å². The zero-order valence-electron chi connectivity index (χ0n) is 15.1. The van der Waals surface area contributed by atoms with Gasteiger partial charge in [-0.1, -0.05) is 18.2 Å². The molecule has 2 aliphatic rings. The van der Waals surface area contributed by atoms with E-state index in [4.69, 9.17) is 4.74 Å². The van der Waals surface area contributed by atoms with E-state index < -0.39 is 0 Å². The van der Waals surface area contributed by atoms with Crippen LogP contribution in [0.5, 0.6) is 0 Å². The fourth-order valence-corrected chi connectivity index (χ4v) is 4.42. The van der Waals surface area contributed by atoms with Gasteiger partial charge in [0.25, 0.3) is 5.91 Å². The number of hydrogen-bond acceptors (Lipinski definition) is 3. The third-order valence-corrected chi connectivity index (χ3v) is 5.87. The van der Waals surface area contributed by atoms with Gasteiger partial charge in [0, 0.05) is 44.5 Å². The fourth-order valence-electron chi connectivity index (χ4n) is 4.42. The number of rotatable bonds is 5. The van der Waals surface area contributed by atoms with Crippen LogP contribution in [0, 0.1) is 6.92 Å². The number of ether oxygens (including phenoxy) is 1. The number of benzene rings is 1. The Morgan fingerprint density at radius 2 is 1.92 bits per heavy atom. The molecule has 0 radical (unpaired) electrons. The van der Waals surface area contributed by atoms with Crippen molar-refractivity contribution in [2.24, 2.45) is 0 Å². The molecule has 0 unspecified atom stereocenters. The van der Waals surface area contributed by atoms with Gasteiger partial charge in [-0.25, -0.2) is 0 Å². The summed E-state index contributed by atoms with van der Waals surface area (Å²) < 4.78 is 5.21. The van der Waals surface area contributed by atoms with Gasteiger partial charge in [-0.3, -0.25) is 9.69 Å². The minimum atomic E-state index is 0.201. The van der Waals surface area contributed by atoms with Crippen molar-refractivity contribution in [3.8, 4) is 0 Å². The first kappa shape index (κ1) is 17.4. The first-order valence-electron chi connectivity index (χ1n) is 9.25. The lowest BCUT2D eigenvalue weighted by atomic mass is 9.84. The van der Waals surface area contributed by atoms with E-state index in [0.29, 0.717) is 5.54 Å². The maximum atomic E-state index is 12.8. The molecular weight excluding hydrogens is 300 g/mol. The molecule has 0 bridgehead atoms. The molecule has 1 aromatic rings. The number of amides is 1. The molecule has 1 aromatic carbocycles. The Kier molecular flexibility index (Phi) is 5.57. The number of methoxy groups -OCH3 is 1. The molecule has 132 valence electrons. The number of aryl methyl sites for hydroxylation is 1. The molecule has 2 fully saturated rings. The Balaban J connectivity index is 1.60. The summed E-state index contributed by atoms with van der Waals surface area (Å²) in [5, 5.41) is 0. The Labute approximate surface area is 145 Å². The average molecular weight is 330 g/mol. The summed E-state index contributed by atoms with van der Waals surface area (Å²) in [5.74, 6) is 0.201. The normalized spacial score (nSPS) is 20.7. The molecule has 0 N–H and O–H groups in total. The lowest BCUT2D eigenvalue weighted by Gasteiger charge is -2.45. The highest BCUT2D eigenvalue weighted by Gasteiger charge is 2.43. The standard InChI is InChI=1S/C20H30N2O2/c1-17-7-3-4-8-18(17)19(23)21-14-10-20(11-15-21)9-5-12-22(20)13-6-16-24-2/h3-4,7-8H,5-6,9-16H2,1-2H3. The van der Waals surface area contributed by atoms with E-state index in [2.05, 4.69) is 9.80 Å². The summed E-state index contributed by atoms with van der Waals surface area (Å²) in [4.78, 5) is 17.5. The molecule has 24 heavy (non-hydrogen) atoms. The van der Waals surface area contributed by atoms with Crippen LogP contribution in [0.25, 0.3) is 0 Å². The lowest BCUT2D eigenvalue weighted by Crippen LogP contribution is -2.53. The van der Waals surface area contributed by atoms with E-state index in [0.717, 1.165) is 56.6 Å². The van der Waals surface area contributed by atoms with Gasteiger partial charge in [0.15, 0.2) is 0 Å². The van der Waals surface area contributed by atoms with Crippen molar-refractivity contribution < 1.29 is 9.53 Å². The highest BCUT2D eigenvalue weighted by molar-refractivity contribution is 5.95. The van der Waals surface area contributed by atoms with Gasteiger partial charge in [-0.2, -0.15) is 0 Å². The Morgan fingerprint density at radius 3 is 2.62 bits per heavy atom. The van der Waals surface area contributed by atoms with Crippen LogP contribution in [0.3, 0.4) is 0 Å². The smallest absolute Gasteiger partial charge is 0.254 e. The van der Waals surface area contributed by atoms with E-state index in [-0.39, 0.29) is 5.91 Å². The van der Waals surface area contributed by atoms with Crippen LogP contribution in [-0.4, -0.2) is 61.1 Å². The second-order valence-corrected chi connectivity index (χ2v) is 7.27. The number of hydrogen-bond donors (Lipinski definition) is 0. The third kappa shape index (κ3) is 3.50. The van der Waals surface area contributed by atoms with E-state index in [1.54, 1.807) is 7.11 Å². The second-order valence-electron chi connectivity index (χ2n) is 7.27. The van der Waals surface area contributed by atoms with Gasteiger partial charge < -0.3 is 9.64 Å². The molecule has 2 aliphatic heterocycles. The summed E-state index contributed by atoms with van der Waals surface area (Å²) in [6.07, 6.45) is 5.89. The minimum Gasteiger partial charge on any atom is -0.385 e. The van der Waals surface area contributed by atoms with Gasteiger partial charge in [0.2, 0.25) is 0 Å². The van der Waals surface area contributed by atoms with E-state index >= 15 is 0 Å². The van der Waals surface area contributed by atoms with E-state index in [1.807, 2.05) is 31.2 Å². The Bertz CT molecular complexity index is 565. The predicted octanol–water partition coefficient (Wildman–Crippen LogP) is 3.10. The number of nitrogens with zero attached hydrogens (tertiary/aromatic N) is 2. The molecule has 0 aromatic heterocycles. The quantitative estimate of drug-likeness (QED) is 0.778. The summed E-state index contributed by atoms with van der Waals surface area (Å²) in [6.45, 7) is 6.95. The first-order valence-corrected chi connectivity index (χ1v) is 9.25. The minimum absolute atomic E-state index is 0.201. The largest absolute Gasteiger partial charge is 0.385 e. The predicted molar refractivity (Wildman–Crippen MR) is 96.3 cm³/mol. The zero-order valence-corrected chi connectivity index (χ0v) is 15.1. The molecule has 0 saturated carbocycles. The maximum Gasteiger partial charge on any atom is 0.254 e. The molecule has 2 saturated heterocycles. The molecular formula is C20H30N2O2. The van der Waals surface area contributed by atoms with Crippen molar-refractivity contribution in [3.05, 3.63) is 35.4 Å². The fraction of sp³-hybridized carbons (Fsp3) is 0.650. The van der Waals surface area contributed by atoms with Crippen LogP contribution >= 0.6 is 0 Å². The summed E-state index contributed by atoms with van der Waals surface area (Å²) in [6, 6.07) is 7.93. The molecule has 1 spiro atoms. The summed E-state index contributed by atoms with van der Waals surface area (Å²) in [7, 11) is 1.77. The zero-order chi connectivity index (χ0) is 17.0. The maximum absolute atomic E-state index is 12.8. The lowest BCUT2D eigenvalue weighted by molar-refractivity contribution is 0.0382. The number of carbonyl (C=O) groups is 1. The van der Waals surface area contributed by atoms with Crippen molar-refractivity contribution in [1.82, 2.24) is 9.80 Å². The topological polar surface area (TPSA) is 32.8 Å². The van der Waals surface area contributed by atoms with E-state index in [1.165, 1.54) is 19.4 Å². The van der Waals surface area contributed by atoms with Gasteiger partial charge in [0.1, 0.15) is 0 Å². The second kappa shape index (κ2) is 7.66. The Morgan fingerprint density at radius 1 is 1.17 bits per heavy atom. The van der Waals surface area contributed by atoms with Crippen molar-refractivity contribution in [3.63, 3.8) is 0 Å². The molecule has 0 aliphatic carbocycles. The molecule has 1 amide bonds. The summed E-state index contributed by atoms with van der Waals surface area (Å²) >= 11 is 0. The summed E-state index contributed by atoms with van der Waals surface area (Å²) in [5.41, 5.74) is 2.26. The number of piperidine rings is 1. The monoisotopic (exact) mass is 330 g/mol. The molecule has 4 heteroatoms. The first-order chi connectivity index (χ1) is 11.7. The SMILES string of the molecule is COCCCN1CCCC12CCN(C(=O)c1ccccc1C)CC2. The van der Waals surface area contributed by atoms with Crippen LogP contribution < -0.4 is 0 Å².